The van der Waals surface area contributed by atoms with E-state index in [1.165, 1.54) is 44.2 Å². The van der Waals surface area contributed by atoms with Crippen LogP contribution in [0.2, 0.25) is 0 Å². The summed E-state index contributed by atoms with van der Waals surface area (Å²) in [6.07, 6.45) is -19.4. The monoisotopic (exact) mass is 1140 g/mol. The van der Waals surface area contributed by atoms with E-state index in [-0.39, 0.29) is 5.56 Å². The minimum atomic E-state index is -5.16. The molecule has 30 heteroatoms. The zero-order chi connectivity index (χ0) is 57.4. The molecule has 4 aliphatic heterocycles. The minimum absolute atomic E-state index is 0.0727. The van der Waals surface area contributed by atoms with Gasteiger partial charge in [0.05, 0.1) is 33.0 Å². The summed E-state index contributed by atoms with van der Waals surface area (Å²) in [6, 6.07) is -0.593. The highest BCUT2D eigenvalue weighted by Gasteiger charge is 2.56. The lowest BCUT2D eigenvalue weighted by Gasteiger charge is -2.51. The van der Waals surface area contributed by atoms with Gasteiger partial charge in [-0.05, 0) is 24.6 Å². The van der Waals surface area contributed by atoms with E-state index in [0.29, 0.717) is 12.4 Å². The van der Waals surface area contributed by atoms with Crippen molar-refractivity contribution in [3.63, 3.8) is 0 Å². The molecule has 4 heterocycles. The number of aliphatic hydroxyl groups excluding tert-OH is 9. The molecule has 0 aromatic heterocycles. The van der Waals surface area contributed by atoms with Crippen LogP contribution in [0, 0.1) is 0 Å². The van der Waals surface area contributed by atoms with E-state index in [9.17, 15) is 78.1 Å². The molecule has 0 spiro atoms. The summed E-state index contributed by atoms with van der Waals surface area (Å²) in [7, 11) is -5.16. The molecule has 4 aliphatic rings. The first-order chi connectivity index (χ1) is 37.0. The molecule has 0 radical (unpaired) electrons. The van der Waals surface area contributed by atoms with Gasteiger partial charge in [0.25, 0.3) is 5.91 Å². The molecule has 0 aliphatic carbocycles. The fourth-order valence-corrected chi connectivity index (χ4v) is 9.95. The summed E-state index contributed by atoms with van der Waals surface area (Å²) < 4.78 is 84.0. The molecule has 20 atom stereocenters. The van der Waals surface area contributed by atoms with E-state index < -0.39 is 183 Å². The lowest BCUT2D eigenvalue weighted by Crippen LogP contribution is -2.71. The SMILES string of the molecule is CCCCCCCCCCCOc1cccc(C(=O)N[C@H]2C(O[C@H]3C(O)C(NC(C)=O)C(O[C@H]4C(CO)O[C@@H](O[C@H]5C(O)C(NC(C)=O)C(O)O[C@@H]5COS(=O)(=O)O)[C@H](NC(C)=O)C4O)O[C@@H]3CO)OC(CO)[C@H](O)[C@@H]2O)c1. The van der Waals surface area contributed by atoms with Crippen molar-refractivity contribution in [2.24, 2.45) is 0 Å². The summed E-state index contributed by atoms with van der Waals surface area (Å²) in [5, 5.41) is 109. The quantitative estimate of drug-likeness (QED) is 0.0280. The number of carbonyl (C=O) groups is 4. The van der Waals surface area contributed by atoms with Gasteiger partial charge in [0.2, 0.25) is 17.7 Å². The van der Waals surface area contributed by atoms with Gasteiger partial charge in [-0.1, -0.05) is 64.4 Å². The fourth-order valence-electron chi connectivity index (χ4n) is 9.64. The van der Waals surface area contributed by atoms with E-state index in [4.69, 9.17) is 37.9 Å². The minimum Gasteiger partial charge on any atom is -0.494 e. The smallest absolute Gasteiger partial charge is 0.397 e. The summed E-state index contributed by atoms with van der Waals surface area (Å²) >= 11 is 0. The van der Waals surface area contributed by atoms with E-state index in [1.54, 1.807) is 12.1 Å². The number of aliphatic hydroxyl groups is 9. The molecule has 4 amide bonds. The van der Waals surface area contributed by atoms with E-state index in [2.05, 4.69) is 32.4 Å². The third-order valence-electron chi connectivity index (χ3n) is 13.6. The van der Waals surface area contributed by atoms with Crippen molar-refractivity contribution in [3.8, 4) is 5.75 Å². The third-order valence-corrected chi connectivity index (χ3v) is 14.0. The molecule has 1 aromatic carbocycles. The Morgan fingerprint density at radius 1 is 0.551 bits per heavy atom. The number of unbranched alkanes of at least 4 members (excludes halogenated alkanes) is 8. The molecule has 4 fully saturated rings. The lowest BCUT2D eigenvalue weighted by molar-refractivity contribution is -0.361. The molecule has 14 N–H and O–H groups in total. The number of amides is 4. The summed E-state index contributed by atoms with van der Waals surface area (Å²) in [5.41, 5.74) is 0.0727. The number of nitrogens with one attached hydrogen (secondary N) is 4. The highest BCUT2D eigenvalue weighted by molar-refractivity contribution is 7.80. The van der Waals surface area contributed by atoms with Crippen LogP contribution in [0.25, 0.3) is 0 Å². The number of hydrogen-bond acceptors (Lipinski definition) is 24. The first-order valence-electron chi connectivity index (χ1n) is 26.0. The Bertz CT molecular complexity index is 2170. The molecule has 78 heavy (non-hydrogen) atoms. The third kappa shape index (κ3) is 18.1. The molecular formula is C48H78N4O25S. The Labute approximate surface area is 451 Å². The van der Waals surface area contributed by atoms with Crippen molar-refractivity contribution in [1.82, 2.24) is 21.3 Å². The number of rotatable bonds is 28. The van der Waals surface area contributed by atoms with Gasteiger partial charge in [-0.3, -0.25) is 23.7 Å². The summed E-state index contributed by atoms with van der Waals surface area (Å²) in [5.74, 6) is -2.81. The van der Waals surface area contributed by atoms with E-state index in [1.807, 2.05) is 0 Å². The Hall–Kier alpha value is -3.87. The van der Waals surface area contributed by atoms with Crippen LogP contribution in [0.3, 0.4) is 0 Å². The highest BCUT2D eigenvalue weighted by Crippen LogP contribution is 2.35. The predicted molar refractivity (Wildman–Crippen MR) is 264 cm³/mol. The molecule has 0 saturated carbocycles. The summed E-state index contributed by atoms with van der Waals surface area (Å²) in [4.78, 5) is 51.1. The van der Waals surface area contributed by atoms with Crippen LogP contribution in [-0.2, 0) is 62.1 Å². The Balaban J connectivity index is 1.34. The second-order valence-corrected chi connectivity index (χ2v) is 20.7. The van der Waals surface area contributed by atoms with E-state index in [0.717, 1.165) is 46.5 Å². The number of carbonyl (C=O) groups excluding carboxylic acids is 4. The van der Waals surface area contributed by atoms with Gasteiger partial charge in [-0.25, -0.2) is 4.18 Å². The zero-order valence-electron chi connectivity index (χ0n) is 43.8. The van der Waals surface area contributed by atoms with Crippen LogP contribution >= 0.6 is 0 Å². The van der Waals surface area contributed by atoms with Gasteiger partial charge in [0.1, 0.15) is 103 Å². The van der Waals surface area contributed by atoms with Crippen molar-refractivity contribution in [2.45, 2.75) is 208 Å². The highest BCUT2D eigenvalue weighted by atomic mass is 32.3. The standard InChI is InChI=1S/C48H78N4O25S/c1-5-6-7-8-9-10-11-12-13-17-69-27-16-14-15-26(18-27)44(64)52-33-37(60)36(59)28(19-53)72-46(33)75-41-29(20-54)73-47(34(39(41)62)50-24(3)57)76-42-30(21-55)74-48(35(40(42)63)51-25(4)58)77-43-31(22-70-78(66,67)68)71-45(65)32(38(43)61)49-23(2)56/h14-16,18,28-43,45-48,53-55,59-63,65H,5-13,17,19-22H2,1-4H3,(H,49,56)(H,50,57)(H,51,58)(H,52,64)(H,66,67,68)/t28?,29-,30?,31-,32?,33-,34?,35-,36+,37-,38?,39?,40?,41-,42+,43-,45?,46?,47?,48+/m1/s1. The van der Waals surface area contributed by atoms with Gasteiger partial charge < -0.3 is 105 Å². The van der Waals surface area contributed by atoms with Crippen LogP contribution in [0.1, 0.15) is 95.8 Å². The average Bonchev–Trinajstić information content (AvgIpc) is 3.47. The molecule has 29 nitrogen and oxygen atoms in total. The van der Waals surface area contributed by atoms with Crippen LogP contribution in [0.4, 0.5) is 0 Å². The van der Waals surface area contributed by atoms with Gasteiger partial charge in [-0.15, -0.1) is 0 Å². The Morgan fingerprint density at radius 2 is 0.987 bits per heavy atom. The molecule has 1 aromatic rings. The van der Waals surface area contributed by atoms with Crippen molar-refractivity contribution in [2.75, 3.05) is 33.0 Å². The average molecular weight is 1140 g/mol. The molecule has 4 saturated heterocycles. The Kier molecular flexibility index (Phi) is 25.7. The van der Waals surface area contributed by atoms with Crippen molar-refractivity contribution < 1.29 is 120 Å². The largest absolute Gasteiger partial charge is 0.494 e. The van der Waals surface area contributed by atoms with Crippen LogP contribution in [0.5, 0.6) is 5.75 Å². The second kappa shape index (κ2) is 30.8. The maximum atomic E-state index is 13.8. The zero-order valence-corrected chi connectivity index (χ0v) is 44.6. The number of ether oxygens (including phenoxy) is 8. The predicted octanol–water partition coefficient (Wildman–Crippen LogP) is -4.14. The van der Waals surface area contributed by atoms with Gasteiger partial charge in [-0.2, -0.15) is 8.42 Å². The van der Waals surface area contributed by atoms with Gasteiger partial charge in [0.15, 0.2) is 25.2 Å². The number of benzene rings is 1. The fraction of sp³-hybridized carbons (Fsp3) is 0.792. The van der Waals surface area contributed by atoms with Crippen LogP contribution < -0.4 is 26.0 Å². The van der Waals surface area contributed by atoms with Crippen molar-refractivity contribution in [1.29, 1.82) is 0 Å². The number of hydrogen-bond donors (Lipinski definition) is 14. The van der Waals surface area contributed by atoms with Crippen molar-refractivity contribution >= 4 is 34.0 Å². The van der Waals surface area contributed by atoms with Gasteiger partial charge >= 0.3 is 10.4 Å². The normalized spacial score (nSPS) is 35.3. The molecule has 10 unspecified atom stereocenters. The topological polar surface area (TPSA) is 436 Å². The molecule has 5 rings (SSSR count). The van der Waals surface area contributed by atoms with Crippen LogP contribution in [-0.4, -0.2) is 238 Å². The second-order valence-electron chi connectivity index (χ2n) is 19.6. The molecule has 446 valence electrons. The Morgan fingerprint density at radius 3 is 1.46 bits per heavy atom. The van der Waals surface area contributed by atoms with Crippen molar-refractivity contribution in [3.05, 3.63) is 29.8 Å². The molecule has 0 bridgehead atoms. The maximum absolute atomic E-state index is 13.8. The van der Waals surface area contributed by atoms with Gasteiger partial charge in [0, 0.05) is 26.3 Å². The van der Waals surface area contributed by atoms with E-state index >= 15 is 0 Å². The molecular weight excluding hydrogens is 1060 g/mol. The van der Waals surface area contributed by atoms with Crippen LogP contribution in [0.15, 0.2) is 24.3 Å². The first kappa shape index (κ1) is 64.9. The first-order valence-corrected chi connectivity index (χ1v) is 27.3. The lowest BCUT2D eigenvalue weighted by atomic mass is 9.93. The summed E-state index contributed by atoms with van der Waals surface area (Å²) in [6.45, 7) is 1.68. The maximum Gasteiger partial charge on any atom is 0.397 e.